The smallest absolute Gasteiger partial charge is 0.336 e. The van der Waals surface area contributed by atoms with E-state index in [9.17, 15) is 9.90 Å². The van der Waals surface area contributed by atoms with Gasteiger partial charge in [-0.3, -0.25) is 9.98 Å². The lowest BCUT2D eigenvalue weighted by atomic mass is 10.0. The maximum Gasteiger partial charge on any atom is 0.336 e. The van der Waals surface area contributed by atoms with Crippen molar-refractivity contribution in [3.8, 4) is 11.5 Å². The third-order valence-electron chi connectivity index (χ3n) is 7.43. The molecule has 8 heteroatoms. The van der Waals surface area contributed by atoms with Crippen LogP contribution in [0.15, 0.2) is 76.7 Å². The van der Waals surface area contributed by atoms with Crippen LogP contribution in [0.3, 0.4) is 0 Å². The highest BCUT2D eigenvalue weighted by Gasteiger charge is 2.12. The van der Waals surface area contributed by atoms with E-state index in [1.807, 2.05) is 54.6 Å². The van der Waals surface area contributed by atoms with E-state index in [4.69, 9.17) is 18.9 Å². The van der Waals surface area contributed by atoms with E-state index in [2.05, 4.69) is 23.8 Å². The zero-order valence-electron chi connectivity index (χ0n) is 28.2. The molecule has 0 aliphatic heterocycles. The maximum atomic E-state index is 12.0. The molecular formula is C39H52N2O6. The quantitative estimate of drug-likeness (QED) is 0.0728. The van der Waals surface area contributed by atoms with Crippen LogP contribution in [-0.4, -0.2) is 63.1 Å². The number of hydrogen-bond donors (Lipinski definition) is 1. The monoisotopic (exact) mass is 644 g/mol. The van der Waals surface area contributed by atoms with Crippen molar-refractivity contribution in [2.45, 2.75) is 78.1 Å². The third-order valence-corrected chi connectivity index (χ3v) is 7.43. The molecule has 0 saturated heterocycles. The van der Waals surface area contributed by atoms with Crippen molar-refractivity contribution >= 4 is 29.8 Å². The molecule has 0 bridgehead atoms. The van der Waals surface area contributed by atoms with Crippen molar-refractivity contribution in [3.63, 3.8) is 0 Å². The summed E-state index contributed by atoms with van der Waals surface area (Å²) in [6, 6.07) is 20.0. The van der Waals surface area contributed by atoms with E-state index in [-0.39, 0.29) is 5.56 Å². The van der Waals surface area contributed by atoms with Crippen molar-refractivity contribution in [2.24, 2.45) is 9.98 Å². The first-order valence-corrected chi connectivity index (χ1v) is 17.2. The predicted molar refractivity (Wildman–Crippen MR) is 191 cm³/mol. The SMILES string of the molecule is CCCCCCOCCCOc1ccc(N=Cc2cccc(C(=O)O)c2C=Nc2ccc(OCCCOCCCCCC)cc2)cc1. The van der Waals surface area contributed by atoms with E-state index in [1.165, 1.54) is 38.5 Å². The lowest BCUT2D eigenvalue weighted by Gasteiger charge is -2.08. The summed E-state index contributed by atoms with van der Waals surface area (Å²) in [6.07, 6.45) is 14.6. The van der Waals surface area contributed by atoms with E-state index in [1.54, 1.807) is 24.6 Å². The van der Waals surface area contributed by atoms with E-state index >= 15 is 0 Å². The number of rotatable bonds is 25. The first-order chi connectivity index (χ1) is 23.1. The normalized spacial score (nSPS) is 11.4. The molecule has 0 heterocycles. The van der Waals surface area contributed by atoms with Gasteiger partial charge in [0, 0.05) is 62.8 Å². The van der Waals surface area contributed by atoms with E-state index < -0.39 is 5.97 Å². The van der Waals surface area contributed by atoms with Gasteiger partial charge in [-0.1, -0.05) is 64.5 Å². The van der Waals surface area contributed by atoms with Gasteiger partial charge in [-0.25, -0.2) is 4.79 Å². The van der Waals surface area contributed by atoms with Gasteiger partial charge in [-0.15, -0.1) is 0 Å². The number of benzene rings is 3. The number of carbonyl (C=O) groups is 1. The molecule has 254 valence electrons. The summed E-state index contributed by atoms with van der Waals surface area (Å²) in [6.45, 7) is 8.60. The second-order valence-electron chi connectivity index (χ2n) is 11.4. The van der Waals surface area contributed by atoms with Crippen molar-refractivity contribution in [2.75, 3.05) is 39.6 Å². The van der Waals surface area contributed by atoms with Crippen LogP contribution in [0.5, 0.6) is 11.5 Å². The van der Waals surface area contributed by atoms with Gasteiger partial charge in [0.1, 0.15) is 11.5 Å². The zero-order valence-corrected chi connectivity index (χ0v) is 28.2. The molecule has 1 N–H and O–H groups in total. The molecule has 0 radical (unpaired) electrons. The van der Waals surface area contributed by atoms with E-state index in [0.29, 0.717) is 43.2 Å². The van der Waals surface area contributed by atoms with Crippen LogP contribution in [0.1, 0.15) is 99.5 Å². The molecular weight excluding hydrogens is 592 g/mol. The van der Waals surface area contributed by atoms with Crippen LogP contribution < -0.4 is 9.47 Å². The summed E-state index contributed by atoms with van der Waals surface area (Å²) in [4.78, 5) is 21.1. The van der Waals surface area contributed by atoms with Crippen LogP contribution >= 0.6 is 0 Å². The second kappa shape index (κ2) is 23.3. The molecule has 3 rings (SSSR count). The van der Waals surface area contributed by atoms with Crippen molar-refractivity contribution in [1.29, 1.82) is 0 Å². The van der Waals surface area contributed by atoms with Gasteiger partial charge >= 0.3 is 5.97 Å². The highest BCUT2D eigenvalue weighted by Crippen LogP contribution is 2.21. The summed E-state index contributed by atoms with van der Waals surface area (Å²) >= 11 is 0. The molecule has 0 aliphatic rings. The number of nitrogens with zero attached hydrogens (tertiary/aromatic N) is 2. The molecule has 0 spiro atoms. The lowest BCUT2D eigenvalue weighted by molar-refractivity contribution is 0.0696. The average molecular weight is 645 g/mol. The number of hydrogen-bond acceptors (Lipinski definition) is 7. The van der Waals surface area contributed by atoms with Gasteiger partial charge < -0.3 is 24.1 Å². The number of aliphatic imine (C=N–C) groups is 2. The van der Waals surface area contributed by atoms with Gasteiger partial charge in [0.05, 0.1) is 30.2 Å². The molecule has 0 aliphatic carbocycles. The van der Waals surface area contributed by atoms with Gasteiger partial charge in [0.25, 0.3) is 0 Å². The Morgan fingerprint density at radius 3 is 1.57 bits per heavy atom. The number of carboxylic acid groups (broad SMARTS) is 1. The van der Waals surface area contributed by atoms with Crippen molar-refractivity contribution < 1.29 is 28.8 Å². The number of aromatic carboxylic acids is 1. The minimum atomic E-state index is -1.03. The highest BCUT2D eigenvalue weighted by atomic mass is 16.5. The minimum Gasteiger partial charge on any atom is -0.494 e. The fourth-order valence-corrected chi connectivity index (χ4v) is 4.73. The van der Waals surface area contributed by atoms with Crippen molar-refractivity contribution in [1.82, 2.24) is 0 Å². The van der Waals surface area contributed by atoms with Gasteiger partial charge in [0.2, 0.25) is 0 Å². The summed E-state index contributed by atoms with van der Waals surface area (Å²) in [5.41, 5.74) is 2.69. The van der Waals surface area contributed by atoms with Gasteiger partial charge in [-0.2, -0.15) is 0 Å². The molecule has 3 aromatic carbocycles. The van der Waals surface area contributed by atoms with Crippen LogP contribution in [-0.2, 0) is 9.47 Å². The first-order valence-electron chi connectivity index (χ1n) is 17.2. The fraction of sp³-hybridized carbons (Fsp3) is 0.462. The standard InChI is InChI=1S/C39H52N2O6/c1-3-5-7-9-24-44-26-12-28-46-35-20-16-33(17-21-35)40-30-32-14-11-15-37(39(42)43)38(32)31-41-34-18-22-36(23-19-34)47-29-13-27-45-25-10-8-6-4-2/h11,14-23,30-31H,3-10,12-13,24-29H2,1-2H3,(H,42,43). The number of unbranched alkanes of at least 4 members (excludes halogenated alkanes) is 6. The Kier molecular flexibility index (Phi) is 18.6. The average Bonchev–Trinajstić information content (AvgIpc) is 3.09. The van der Waals surface area contributed by atoms with Crippen LogP contribution in [0.2, 0.25) is 0 Å². The molecule has 8 nitrogen and oxygen atoms in total. The van der Waals surface area contributed by atoms with Gasteiger partial charge in [0.15, 0.2) is 0 Å². The minimum absolute atomic E-state index is 0.152. The molecule has 0 fully saturated rings. The van der Waals surface area contributed by atoms with Gasteiger partial charge in [-0.05, 0) is 67.4 Å². The molecule has 3 aromatic rings. The van der Waals surface area contributed by atoms with Crippen LogP contribution in [0.25, 0.3) is 0 Å². The number of carboxylic acids is 1. The van der Waals surface area contributed by atoms with Crippen LogP contribution in [0.4, 0.5) is 11.4 Å². The summed E-state index contributed by atoms with van der Waals surface area (Å²) < 4.78 is 23.0. The Morgan fingerprint density at radius 2 is 1.09 bits per heavy atom. The Labute approximate surface area is 280 Å². The Morgan fingerprint density at radius 1 is 0.596 bits per heavy atom. The number of ether oxygens (including phenoxy) is 4. The summed E-state index contributed by atoms with van der Waals surface area (Å²) in [7, 11) is 0. The molecule has 0 atom stereocenters. The zero-order chi connectivity index (χ0) is 33.4. The molecule has 0 amide bonds. The maximum absolute atomic E-state index is 12.0. The molecule has 47 heavy (non-hydrogen) atoms. The second-order valence-corrected chi connectivity index (χ2v) is 11.4. The Balaban J connectivity index is 1.49. The molecule has 0 saturated carbocycles. The summed E-state index contributed by atoms with van der Waals surface area (Å²) in [5.74, 6) is 0.495. The topological polar surface area (TPSA) is 98.9 Å². The largest absolute Gasteiger partial charge is 0.494 e. The Hall–Kier alpha value is -4.01. The van der Waals surface area contributed by atoms with Crippen LogP contribution in [0, 0.1) is 0 Å². The van der Waals surface area contributed by atoms with Crippen molar-refractivity contribution in [3.05, 3.63) is 83.4 Å². The summed E-state index contributed by atoms with van der Waals surface area (Å²) in [5, 5.41) is 9.83. The first kappa shape index (κ1) is 37.4. The van der Waals surface area contributed by atoms with E-state index in [0.717, 1.165) is 56.1 Å². The third kappa shape index (κ3) is 15.4. The molecule has 0 unspecified atom stereocenters. The fourth-order valence-electron chi connectivity index (χ4n) is 4.73. The molecule has 0 aromatic heterocycles. The highest BCUT2D eigenvalue weighted by molar-refractivity contribution is 6.05. The lowest BCUT2D eigenvalue weighted by Crippen LogP contribution is -2.05. The Bertz CT molecular complexity index is 1340. The predicted octanol–water partition coefficient (Wildman–Crippen LogP) is 9.62.